The molecule has 2 heterocycles. The predicted octanol–water partition coefficient (Wildman–Crippen LogP) is 0.491. The summed E-state index contributed by atoms with van der Waals surface area (Å²) in [7, 11) is 1.85. The van der Waals surface area contributed by atoms with E-state index >= 15 is 0 Å². The highest BCUT2D eigenvalue weighted by molar-refractivity contribution is 7.17. The maximum atomic E-state index is 11.6. The summed E-state index contributed by atoms with van der Waals surface area (Å²) in [5.74, 6) is 0.0306. The van der Waals surface area contributed by atoms with E-state index in [-0.39, 0.29) is 5.91 Å². The van der Waals surface area contributed by atoms with Crippen molar-refractivity contribution >= 4 is 22.2 Å². The number of rotatable bonds is 3. The van der Waals surface area contributed by atoms with Gasteiger partial charge in [0.2, 0.25) is 0 Å². The molecule has 0 aromatic carbocycles. The minimum absolute atomic E-state index is 0.0306. The smallest absolute Gasteiger partial charge is 0.261 e. The first-order chi connectivity index (χ1) is 6.79. The molecule has 0 aliphatic carbocycles. The number of anilines is 1. The SMILES string of the molecule is CNc1ccc(C(=O)NC2CNC2)s1. The van der Waals surface area contributed by atoms with Gasteiger partial charge >= 0.3 is 0 Å². The van der Waals surface area contributed by atoms with E-state index in [1.165, 1.54) is 11.3 Å². The van der Waals surface area contributed by atoms with Crippen LogP contribution in [0.5, 0.6) is 0 Å². The van der Waals surface area contributed by atoms with Gasteiger partial charge in [-0.15, -0.1) is 11.3 Å². The van der Waals surface area contributed by atoms with Crippen molar-refractivity contribution in [2.24, 2.45) is 0 Å². The third kappa shape index (κ3) is 1.88. The quantitative estimate of drug-likeness (QED) is 0.682. The molecule has 2 rings (SSSR count). The van der Waals surface area contributed by atoms with Crippen LogP contribution in [0.25, 0.3) is 0 Å². The molecule has 14 heavy (non-hydrogen) atoms. The van der Waals surface area contributed by atoms with Crippen LogP contribution in [0.1, 0.15) is 9.67 Å². The van der Waals surface area contributed by atoms with E-state index in [0.717, 1.165) is 23.0 Å². The third-order valence-electron chi connectivity index (χ3n) is 2.19. The molecule has 1 aromatic heterocycles. The first-order valence-corrected chi connectivity index (χ1v) is 5.40. The molecule has 1 amide bonds. The summed E-state index contributed by atoms with van der Waals surface area (Å²) < 4.78 is 0. The Bertz CT molecular complexity index is 333. The minimum atomic E-state index is 0.0306. The average Bonchev–Trinajstić information content (AvgIpc) is 2.59. The zero-order chi connectivity index (χ0) is 9.97. The molecule has 1 aromatic rings. The largest absolute Gasteiger partial charge is 0.380 e. The molecule has 1 fully saturated rings. The lowest BCUT2D eigenvalue weighted by Crippen LogP contribution is -2.56. The van der Waals surface area contributed by atoms with Gasteiger partial charge < -0.3 is 16.0 Å². The maximum absolute atomic E-state index is 11.6. The van der Waals surface area contributed by atoms with Gasteiger partial charge in [0.1, 0.15) is 0 Å². The van der Waals surface area contributed by atoms with E-state index in [4.69, 9.17) is 0 Å². The summed E-state index contributed by atoms with van der Waals surface area (Å²) in [6.45, 7) is 1.77. The molecular weight excluding hydrogens is 198 g/mol. The van der Waals surface area contributed by atoms with Crippen molar-refractivity contribution in [1.82, 2.24) is 10.6 Å². The van der Waals surface area contributed by atoms with Gasteiger partial charge in [0, 0.05) is 20.1 Å². The molecular formula is C9H13N3OS. The van der Waals surface area contributed by atoms with E-state index in [1.54, 1.807) is 0 Å². The Morgan fingerprint density at radius 1 is 1.57 bits per heavy atom. The topological polar surface area (TPSA) is 53.2 Å². The van der Waals surface area contributed by atoms with Gasteiger partial charge in [-0.1, -0.05) is 0 Å². The molecule has 4 nitrogen and oxygen atoms in total. The number of carbonyl (C=O) groups excluding carboxylic acids is 1. The number of thiophene rings is 1. The molecule has 1 saturated heterocycles. The number of nitrogens with one attached hydrogen (secondary N) is 3. The van der Waals surface area contributed by atoms with Crippen molar-refractivity contribution in [2.75, 3.05) is 25.5 Å². The Labute approximate surface area is 86.7 Å². The van der Waals surface area contributed by atoms with Crippen molar-refractivity contribution in [3.63, 3.8) is 0 Å². The van der Waals surface area contributed by atoms with Gasteiger partial charge in [-0.05, 0) is 12.1 Å². The first-order valence-electron chi connectivity index (χ1n) is 4.59. The third-order valence-corrected chi connectivity index (χ3v) is 3.29. The summed E-state index contributed by atoms with van der Waals surface area (Å²) in [4.78, 5) is 12.4. The Morgan fingerprint density at radius 3 is 2.86 bits per heavy atom. The fourth-order valence-electron chi connectivity index (χ4n) is 1.24. The second-order valence-electron chi connectivity index (χ2n) is 3.24. The molecule has 5 heteroatoms. The standard InChI is InChI=1S/C9H13N3OS/c1-10-8-3-2-7(14-8)9(13)12-6-4-11-5-6/h2-3,6,10-11H,4-5H2,1H3,(H,12,13). The summed E-state index contributed by atoms with van der Waals surface area (Å²) in [5, 5.41) is 10.1. The molecule has 0 atom stereocenters. The molecule has 1 aliphatic rings. The lowest BCUT2D eigenvalue weighted by atomic mass is 10.2. The predicted molar refractivity (Wildman–Crippen MR) is 58.0 cm³/mol. The Hall–Kier alpha value is -1.07. The highest BCUT2D eigenvalue weighted by atomic mass is 32.1. The maximum Gasteiger partial charge on any atom is 0.261 e. The summed E-state index contributed by atoms with van der Waals surface area (Å²) in [6, 6.07) is 4.07. The van der Waals surface area contributed by atoms with E-state index < -0.39 is 0 Å². The van der Waals surface area contributed by atoms with E-state index in [2.05, 4.69) is 16.0 Å². The number of hydrogen-bond donors (Lipinski definition) is 3. The number of amides is 1. The zero-order valence-corrected chi connectivity index (χ0v) is 8.78. The molecule has 76 valence electrons. The lowest BCUT2D eigenvalue weighted by Gasteiger charge is -2.27. The number of carbonyl (C=O) groups is 1. The van der Waals surface area contributed by atoms with Crippen LogP contribution in [-0.2, 0) is 0 Å². The number of hydrogen-bond acceptors (Lipinski definition) is 4. The fraction of sp³-hybridized carbons (Fsp3) is 0.444. The molecule has 0 unspecified atom stereocenters. The van der Waals surface area contributed by atoms with Gasteiger partial charge in [0.25, 0.3) is 5.91 Å². The van der Waals surface area contributed by atoms with Gasteiger partial charge in [0.05, 0.1) is 15.9 Å². The van der Waals surface area contributed by atoms with Gasteiger partial charge in [-0.3, -0.25) is 4.79 Å². The summed E-state index contributed by atoms with van der Waals surface area (Å²) >= 11 is 1.47. The monoisotopic (exact) mass is 211 g/mol. The Morgan fingerprint density at radius 2 is 2.36 bits per heavy atom. The zero-order valence-electron chi connectivity index (χ0n) is 7.96. The highest BCUT2D eigenvalue weighted by Crippen LogP contribution is 2.20. The van der Waals surface area contributed by atoms with Crippen LogP contribution in [0.3, 0.4) is 0 Å². The molecule has 0 radical (unpaired) electrons. The molecule has 1 aliphatic heterocycles. The molecule has 0 saturated carbocycles. The van der Waals surface area contributed by atoms with Gasteiger partial charge in [0.15, 0.2) is 0 Å². The van der Waals surface area contributed by atoms with Crippen molar-refractivity contribution < 1.29 is 4.79 Å². The van der Waals surface area contributed by atoms with Crippen LogP contribution in [0.2, 0.25) is 0 Å². The van der Waals surface area contributed by atoms with Crippen molar-refractivity contribution in [2.45, 2.75) is 6.04 Å². The van der Waals surface area contributed by atoms with Crippen LogP contribution < -0.4 is 16.0 Å². The molecule has 3 N–H and O–H groups in total. The fourth-order valence-corrected chi connectivity index (χ4v) is 2.00. The first kappa shape index (κ1) is 9.48. The minimum Gasteiger partial charge on any atom is -0.380 e. The van der Waals surface area contributed by atoms with Crippen molar-refractivity contribution in [1.29, 1.82) is 0 Å². The second-order valence-corrected chi connectivity index (χ2v) is 4.33. The van der Waals surface area contributed by atoms with Crippen LogP contribution in [0.15, 0.2) is 12.1 Å². The summed E-state index contributed by atoms with van der Waals surface area (Å²) in [5.41, 5.74) is 0. The van der Waals surface area contributed by atoms with Crippen LogP contribution in [0.4, 0.5) is 5.00 Å². The van der Waals surface area contributed by atoms with Gasteiger partial charge in [-0.2, -0.15) is 0 Å². The summed E-state index contributed by atoms with van der Waals surface area (Å²) in [6.07, 6.45) is 0. The van der Waals surface area contributed by atoms with E-state index in [1.807, 2.05) is 19.2 Å². The molecule has 0 spiro atoms. The molecule has 0 bridgehead atoms. The Kier molecular flexibility index (Phi) is 2.69. The van der Waals surface area contributed by atoms with Crippen molar-refractivity contribution in [3.8, 4) is 0 Å². The van der Waals surface area contributed by atoms with Crippen LogP contribution in [-0.4, -0.2) is 32.1 Å². The normalized spacial score (nSPS) is 16.1. The average molecular weight is 211 g/mol. The van der Waals surface area contributed by atoms with Gasteiger partial charge in [-0.25, -0.2) is 0 Å². The van der Waals surface area contributed by atoms with E-state index in [9.17, 15) is 4.79 Å². The lowest BCUT2D eigenvalue weighted by molar-refractivity contribution is 0.0928. The van der Waals surface area contributed by atoms with Crippen molar-refractivity contribution in [3.05, 3.63) is 17.0 Å². The van der Waals surface area contributed by atoms with Crippen LogP contribution >= 0.6 is 11.3 Å². The van der Waals surface area contributed by atoms with E-state index in [0.29, 0.717) is 6.04 Å². The second kappa shape index (κ2) is 3.98. The Balaban J connectivity index is 1.95. The van der Waals surface area contributed by atoms with Crippen LogP contribution in [0, 0.1) is 0 Å². The highest BCUT2D eigenvalue weighted by Gasteiger charge is 2.20.